The number of aryl methyl sites for hydroxylation is 1. The topological polar surface area (TPSA) is 55.1 Å². The number of nitrogens with two attached hydrogens (primary N) is 1. The van der Waals surface area contributed by atoms with E-state index in [1.54, 1.807) is 0 Å². The highest BCUT2D eigenvalue weighted by Crippen LogP contribution is 2.13. The van der Waals surface area contributed by atoms with Crippen molar-refractivity contribution in [2.24, 2.45) is 5.73 Å². The van der Waals surface area contributed by atoms with Gasteiger partial charge in [0, 0.05) is 6.54 Å². The molecule has 3 N–H and O–H groups in total. The number of hydrogen-bond donors (Lipinski definition) is 2. The molecular weight excluding hydrogens is 260 g/mol. The Labute approximate surface area is 126 Å². The van der Waals surface area contributed by atoms with Gasteiger partial charge in [-0.15, -0.1) is 0 Å². The van der Waals surface area contributed by atoms with Crippen LogP contribution in [0.15, 0.2) is 48.5 Å². The lowest BCUT2D eigenvalue weighted by Gasteiger charge is -2.14. The molecule has 3 nitrogen and oxygen atoms in total. The number of carbonyl (C=O) groups is 1. The van der Waals surface area contributed by atoms with Crippen LogP contribution in [0.1, 0.15) is 35.2 Å². The fourth-order valence-electron chi connectivity index (χ4n) is 2.21. The zero-order valence-electron chi connectivity index (χ0n) is 12.6. The standard InChI is InChI=1S/C18H22N2O/c1-13-3-9-17(10-4-13)14(2)20-18(21)11-15-5-7-16(12-19)8-6-15/h3-10,14H,11-12,19H2,1-2H3,(H,20,21). The average molecular weight is 282 g/mol. The van der Waals surface area contributed by atoms with E-state index in [0.717, 1.165) is 16.7 Å². The van der Waals surface area contributed by atoms with Crippen molar-refractivity contribution < 1.29 is 4.79 Å². The van der Waals surface area contributed by atoms with Crippen LogP contribution >= 0.6 is 0 Å². The fraction of sp³-hybridized carbons (Fsp3) is 0.278. The summed E-state index contributed by atoms with van der Waals surface area (Å²) in [4.78, 5) is 12.1. The third-order valence-corrected chi connectivity index (χ3v) is 3.58. The highest BCUT2D eigenvalue weighted by atomic mass is 16.1. The molecule has 2 aromatic carbocycles. The second-order valence-electron chi connectivity index (χ2n) is 5.40. The van der Waals surface area contributed by atoms with Crippen LogP contribution < -0.4 is 11.1 Å². The van der Waals surface area contributed by atoms with E-state index < -0.39 is 0 Å². The summed E-state index contributed by atoms with van der Waals surface area (Å²) in [5.74, 6) is 0.0311. The summed E-state index contributed by atoms with van der Waals surface area (Å²) in [7, 11) is 0. The highest BCUT2D eigenvalue weighted by molar-refractivity contribution is 5.79. The summed E-state index contributed by atoms with van der Waals surface area (Å²) in [6.45, 7) is 4.58. The molecule has 21 heavy (non-hydrogen) atoms. The Morgan fingerprint density at radius 2 is 1.62 bits per heavy atom. The van der Waals surface area contributed by atoms with E-state index >= 15 is 0 Å². The smallest absolute Gasteiger partial charge is 0.224 e. The first-order valence-corrected chi connectivity index (χ1v) is 7.22. The molecule has 2 rings (SSSR count). The SMILES string of the molecule is Cc1ccc(C(C)NC(=O)Cc2ccc(CN)cc2)cc1. The Morgan fingerprint density at radius 3 is 2.19 bits per heavy atom. The van der Waals surface area contributed by atoms with E-state index in [-0.39, 0.29) is 11.9 Å². The summed E-state index contributed by atoms with van der Waals surface area (Å²) >= 11 is 0. The minimum atomic E-state index is 0.0152. The molecule has 110 valence electrons. The summed E-state index contributed by atoms with van der Waals surface area (Å²) in [5.41, 5.74) is 9.98. The first-order chi connectivity index (χ1) is 10.1. The van der Waals surface area contributed by atoms with Crippen LogP contribution in [0.4, 0.5) is 0 Å². The fourth-order valence-corrected chi connectivity index (χ4v) is 2.21. The van der Waals surface area contributed by atoms with Crippen molar-refractivity contribution in [3.63, 3.8) is 0 Å². The van der Waals surface area contributed by atoms with Gasteiger partial charge in [0.1, 0.15) is 0 Å². The lowest BCUT2D eigenvalue weighted by Crippen LogP contribution is -2.28. The largest absolute Gasteiger partial charge is 0.349 e. The minimum absolute atomic E-state index is 0.0152. The summed E-state index contributed by atoms with van der Waals surface area (Å²) < 4.78 is 0. The van der Waals surface area contributed by atoms with Gasteiger partial charge >= 0.3 is 0 Å². The molecule has 1 atom stereocenters. The average Bonchev–Trinajstić information content (AvgIpc) is 2.48. The Kier molecular flexibility index (Phi) is 5.12. The molecule has 0 spiro atoms. The molecule has 0 saturated carbocycles. The maximum Gasteiger partial charge on any atom is 0.224 e. The van der Waals surface area contributed by atoms with Crippen molar-refractivity contribution >= 4 is 5.91 Å². The number of amides is 1. The van der Waals surface area contributed by atoms with E-state index in [0.29, 0.717) is 13.0 Å². The molecule has 0 aromatic heterocycles. The predicted molar refractivity (Wildman–Crippen MR) is 85.8 cm³/mol. The van der Waals surface area contributed by atoms with E-state index in [9.17, 15) is 4.79 Å². The lowest BCUT2D eigenvalue weighted by atomic mass is 10.1. The molecule has 0 fully saturated rings. The minimum Gasteiger partial charge on any atom is -0.349 e. The number of rotatable bonds is 5. The third-order valence-electron chi connectivity index (χ3n) is 3.58. The molecule has 0 aliphatic carbocycles. The Bertz CT molecular complexity index is 588. The van der Waals surface area contributed by atoms with Gasteiger partial charge in [-0.1, -0.05) is 54.1 Å². The normalized spacial score (nSPS) is 12.0. The molecule has 0 saturated heterocycles. The third kappa shape index (κ3) is 4.43. The summed E-state index contributed by atoms with van der Waals surface area (Å²) in [6.07, 6.45) is 0.390. The van der Waals surface area contributed by atoms with Gasteiger partial charge in [-0.25, -0.2) is 0 Å². The van der Waals surface area contributed by atoms with Crippen molar-refractivity contribution in [1.82, 2.24) is 5.32 Å². The van der Waals surface area contributed by atoms with Crippen LogP contribution in [-0.4, -0.2) is 5.91 Å². The van der Waals surface area contributed by atoms with Crippen LogP contribution in [0.5, 0.6) is 0 Å². The van der Waals surface area contributed by atoms with Crippen molar-refractivity contribution in [2.45, 2.75) is 32.9 Å². The van der Waals surface area contributed by atoms with Gasteiger partial charge in [0.25, 0.3) is 0 Å². The second-order valence-corrected chi connectivity index (χ2v) is 5.40. The van der Waals surface area contributed by atoms with Crippen LogP contribution in [0.3, 0.4) is 0 Å². The Hall–Kier alpha value is -2.13. The number of benzene rings is 2. The Balaban J connectivity index is 1.92. The number of carbonyl (C=O) groups excluding carboxylic acids is 1. The molecular formula is C18H22N2O. The van der Waals surface area contributed by atoms with Crippen LogP contribution in [-0.2, 0) is 17.8 Å². The van der Waals surface area contributed by atoms with Gasteiger partial charge in [-0.3, -0.25) is 4.79 Å². The Morgan fingerprint density at radius 1 is 1.05 bits per heavy atom. The van der Waals surface area contributed by atoms with Gasteiger partial charge in [-0.05, 0) is 30.5 Å². The second kappa shape index (κ2) is 7.04. The number of hydrogen-bond acceptors (Lipinski definition) is 2. The number of nitrogens with one attached hydrogen (secondary N) is 1. The summed E-state index contributed by atoms with van der Waals surface area (Å²) in [6, 6.07) is 16.1. The van der Waals surface area contributed by atoms with Gasteiger partial charge in [-0.2, -0.15) is 0 Å². The van der Waals surface area contributed by atoms with Crippen molar-refractivity contribution in [3.05, 3.63) is 70.8 Å². The quantitative estimate of drug-likeness (QED) is 0.886. The molecule has 1 unspecified atom stereocenters. The zero-order valence-corrected chi connectivity index (χ0v) is 12.6. The van der Waals surface area contributed by atoms with Crippen LogP contribution in [0.25, 0.3) is 0 Å². The van der Waals surface area contributed by atoms with Gasteiger partial charge in [0.2, 0.25) is 5.91 Å². The molecule has 0 heterocycles. The first kappa shape index (κ1) is 15.3. The van der Waals surface area contributed by atoms with Crippen molar-refractivity contribution in [3.8, 4) is 0 Å². The first-order valence-electron chi connectivity index (χ1n) is 7.22. The molecule has 2 aromatic rings. The van der Waals surface area contributed by atoms with Crippen molar-refractivity contribution in [1.29, 1.82) is 0 Å². The maximum atomic E-state index is 12.1. The van der Waals surface area contributed by atoms with E-state index in [2.05, 4.69) is 36.5 Å². The molecule has 0 aliphatic rings. The zero-order chi connectivity index (χ0) is 15.2. The van der Waals surface area contributed by atoms with Crippen molar-refractivity contribution in [2.75, 3.05) is 0 Å². The maximum absolute atomic E-state index is 12.1. The van der Waals surface area contributed by atoms with Gasteiger partial charge in [0.05, 0.1) is 12.5 Å². The lowest BCUT2D eigenvalue weighted by molar-refractivity contribution is -0.121. The predicted octanol–water partition coefficient (Wildman–Crippen LogP) is 2.87. The van der Waals surface area contributed by atoms with Crippen LogP contribution in [0.2, 0.25) is 0 Å². The highest BCUT2D eigenvalue weighted by Gasteiger charge is 2.10. The van der Waals surface area contributed by atoms with Gasteiger partial charge < -0.3 is 11.1 Å². The summed E-state index contributed by atoms with van der Waals surface area (Å²) in [5, 5.41) is 3.03. The van der Waals surface area contributed by atoms with E-state index in [4.69, 9.17) is 5.73 Å². The van der Waals surface area contributed by atoms with E-state index in [1.807, 2.05) is 31.2 Å². The van der Waals surface area contributed by atoms with Gasteiger partial charge in [0.15, 0.2) is 0 Å². The molecule has 0 bridgehead atoms. The molecule has 0 radical (unpaired) electrons. The van der Waals surface area contributed by atoms with Crippen LogP contribution in [0, 0.1) is 6.92 Å². The molecule has 0 aliphatic heterocycles. The molecule has 1 amide bonds. The van der Waals surface area contributed by atoms with E-state index in [1.165, 1.54) is 5.56 Å². The molecule has 3 heteroatoms. The monoisotopic (exact) mass is 282 g/mol.